The molecule has 0 heterocycles. The summed E-state index contributed by atoms with van der Waals surface area (Å²) in [6.07, 6.45) is -4.88. The van der Waals surface area contributed by atoms with E-state index in [1.807, 2.05) is 0 Å². The average molecular weight is 243 g/mol. The Balaban J connectivity index is -0.0000000405. The van der Waals surface area contributed by atoms with Gasteiger partial charge in [-0.05, 0) is 0 Å². The topological polar surface area (TPSA) is 247 Å². The molecule has 11 heteroatoms. The molecule has 0 saturated carbocycles. The number of carbonyl (C=O) groups is 2. The van der Waals surface area contributed by atoms with E-state index in [0.29, 0.717) is 0 Å². The van der Waals surface area contributed by atoms with Gasteiger partial charge in [0, 0.05) is 0 Å². The van der Waals surface area contributed by atoms with Crippen molar-refractivity contribution in [2.24, 2.45) is 0 Å². The Morgan fingerprint density at radius 3 is 1.00 bits per heavy atom. The third-order valence-electron chi connectivity index (χ3n) is 0.782. The quantitative estimate of drug-likeness (QED) is 0.454. The monoisotopic (exact) mass is 243 g/mol. The van der Waals surface area contributed by atoms with E-state index in [2.05, 4.69) is 0 Å². The van der Waals surface area contributed by atoms with Crippen LogP contribution in [-0.4, -0.2) is 56.3 Å². The Kier molecular flexibility index (Phi) is 39.2. The van der Waals surface area contributed by atoms with Gasteiger partial charge < -0.3 is 51.9 Å². The van der Waals surface area contributed by atoms with Crippen molar-refractivity contribution in [1.82, 2.24) is 0 Å². The van der Waals surface area contributed by atoms with Crippen molar-refractivity contribution in [1.29, 1.82) is 0 Å². The van der Waals surface area contributed by atoms with Crippen molar-refractivity contribution in [2.75, 3.05) is 0 Å². The molecule has 0 bridgehead atoms. The summed E-state index contributed by atoms with van der Waals surface area (Å²) >= 11 is 0. The molecule has 0 aliphatic rings. The van der Waals surface area contributed by atoms with Crippen molar-refractivity contribution in [3.05, 3.63) is 0 Å². The summed E-state index contributed by atoms with van der Waals surface area (Å²) < 4.78 is 0. The molecule has 90 valence electrons. The Bertz CT molecular complexity index is 142. The molecule has 2 unspecified atom stereocenters. The van der Waals surface area contributed by atoms with Crippen LogP contribution in [0.2, 0.25) is 0 Å². The van der Waals surface area contributed by atoms with Crippen LogP contribution in [0.5, 0.6) is 0 Å². The van der Waals surface area contributed by atoms with E-state index in [-0.39, 0.29) is 51.5 Å². The number of hydrogen-bond donors (Lipinski definition) is 2. The molecule has 2 atom stereocenters. The molecule has 0 aromatic carbocycles. The molecule has 0 saturated heterocycles. The maximum atomic E-state index is 9.63. The molecular weight excluding hydrogens is 231 g/mol. The first-order valence-electron chi connectivity index (χ1n) is 2.24. The minimum Gasteiger partial charge on any atom is -0.547 e. The number of aliphatic hydroxyl groups is 2. The molecule has 15 heavy (non-hydrogen) atoms. The van der Waals surface area contributed by atoms with E-state index in [9.17, 15) is 19.8 Å². The van der Waals surface area contributed by atoms with Gasteiger partial charge in [-0.2, -0.15) is 0 Å². The minimum atomic E-state index is -2.44. The SMILES string of the molecule is O.O.O.O.O=C([O-])C(O)C(O)C(=O)[O-].[Na+]. The van der Waals surface area contributed by atoms with Crippen LogP contribution in [0.4, 0.5) is 0 Å². The second-order valence-corrected chi connectivity index (χ2v) is 1.53. The van der Waals surface area contributed by atoms with Crippen molar-refractivity contribution in [3.63, 3.8) is 0 Å². The van der Waals surface area contributed by atoms with Gasteiger partial charge >= 0.3 is 29.6 Å². The maximum Gasteiger partial charge on any atom is 1.00 e. The van der Waals surface area contributed by atoms with Crippen LogP contribution in [0.25, 0.3) is 0 Å². The van der Waals surface area contributed by atoms with Gasteiger partial charge in [0.1, 0.15) is 12.2 Å². The van der Waals surface area contributed by atoms with Crippen LogP contribution in [0.3, 0.4) is 0 Å². The number of aliphatic carboxylic acids is 2. The fourth-order valence-electron chi connectivity index (χ4n) is 0.258. The Morgan fingerprint density at radius 1 is 0.800 bits per heavy atom. The Labute approximate surface area is 106 Å². The van der Waals surface area contributed by atoms with Crippen molar-refractivity contribution >= 4 is 11.9 Å². The largest absolute Gasteiger partial charge is 1.00 e. The predicted octanol–water partition coefficient (Wildman–Crippen LogP) is -11.1. The number of aliphatic hydroxyl groups excluding tert-OH is 2. The molecule has 0 aliphatic carbocycles. The van der Waals surface area contributed by atoms with Gasteiger partial charge in [0.25, 0.3) is 0 Å². The number of carbonyl (C=O) groups excluding carboxylic acids is 2. The van der Waals surface area contributed by atoms with E-state index in [1.165, 1.54) is 0 Å². The van der Waals surface area contributed by atoms with E-state index in [1.54, 1.807) is 0 Å². The number of hydrogen-bond acceptors (Lipinski definition) is 6. The summed E-state index contributed by atoms with van der Waals surface area (Å²) in [4.78, 5) is 19.3. The summed E-state index contributed by atoms with van der Waals surface area (Å²) in [7, 11) is 0. The summed E-state index contributed by atoms with van der Waals surface area (Å²) in [6.45, 7) is 0. The number of rotatable bonds is 3. The Hall–Kier alpha value is -0.300. The minimum absolute atomic E-state index is 0. The standard InChI is InChI=1S/C4H6O6.Na.4H2O/c5-1(3(7)8)2(6)4(9)10;;;;;/h1-2,5-6H,(H,7,8)(H,9,10);;4*1H2/q;+1;;;;/p-2. The van der Waals surface area contributed by atoms with Gasteiger partial charge in [-0.3, -0.25) is 0 Å². The second kappa shape index (κ2) is 16.1. The zero-order valence-corrected chi connectivity index (χ0v) is 9.68. The molecule has 0 amide bonds. The van der Waals surface area contributed by atoms with Crippen LogP contribution in [-0.2, 0) is 9.59 Å². The third kappa shape index (κ3) is 13.7. The first-order chi connectivity index (χ1) is 4.46. The van der Waals surface area contributed by atoms with Gasteiger partial charge in [0.15, 0.2) is 0 Å². The molecule has 0 radical (unpaired) electrons. The van der Waals surface area contributed by atoms with E-state index < -0.39 is 24.1 Å². The van der Waals surface area contributed by atoms with Crippen LogP contribution in [0.1, 0.15) is 0 Å². The smallest absolute Gasteiger partial charge is 0.547 e. The molecule has 10 nitrogen and oxygen atoms in total. The van der Waals surface area contributed by atoms with Crippen molar-refractivity contribution in [2.45, 2.75) is 12.2 Å². The fraction of sp³-hybridized carbons (Fsp3) is 0.500. The number of carboxylic acid groups (broad SMARTS) is 2. The first-order valence-corrected chi connectivity index (χ1v) is 2.24. The van der Waals surface area contributed by atoms with Crippen molar-refractivity contribution in [3.8, 4) is 0 Å². The average Bonchev–Trinajstić information content (AvgIpc) is 1.84. The molecule has 0 aromatic rings. The molecule has 0 aromatic heterocycles. The zero-order chi connectivity index (χ0) is 8.31. The first kappa shape index (κ1) is 36.5. The molecule has 0 spiro atoms. The number of carboxylic acids is 2. The summed E-state index contributed by atoms with van der Waals surface area (Å²) in [5, 5.41) is 35.7. The second-order valence-electron chi connectivity index (χ2n) is 1.53. The van der Waals surface area contributed by atoms with Crippen LogP contribution in [0, 0.1) is 0 Å². The van der Waals surface area contributed by atoms with Gasteiger partial charge in [-0.1, -0.05) is 0 Å². The molecule has 10 N–H and O–H groups in total. The normalized spacial score (nSPS) is 10.5. The van der Waals surface area contributed by atoms with Gasteiger partial charge in [0.05, 0.1) is 11.9 Å². The van der Waals surface area contributed by atoms with Crippen LogP contribution >= 0.6 is 0 Å². The fourth-order valence-corrected chi connectivity index (χ4v) is 0.258. The van der Waals surface area contributed by atoms with Gasteiger partial charge in [-0.25, -0.2) is 0 Å². The van der Waals surface area contributed by atoms with E-state index in [4.69, 9.17) is 10.2 Å². The Morgan fingerprint density at radius 2 is 0.933 bits per heavy atom. The molecule has 0 fully saturated rings. The predicted molar refractivity (Wildman–Crippen MR) is 36.5 cm³/mol. The summed E-state index contributed by atoms with van der Waals surface area (Å²) in [5.74, 6) is -4.12. The van der Waals surface area contributed by atoms with E-state index >= 15 is 0 Å². The summed E-state index contributed by atoms with van der Waals surface area (Å²) in [6, 6.07) is 0. The van der Waals surface area contributed by atoms with Crippen molar-refractivity contribution < 1.29 is 81.5 Å². The molecule has 0 aliphatic heterocycles. The molecular formula is C4H12NaO10-. The van der Waals surface area contributed by atoms with Gasteiger partial charge in [0.2, 0.25) is 0 Å². The maximum absolute atomic E-state index is 9.63. The van der Waals surface area contributed by atoms with Crippen LogP contribution < -0.4 is 39.8 Å². The zero-order valence-electron chi connectivity index (χ0n) is 7.68. The van der Waals surface area contributed by atoms with Gasteiger partial charge in [-0.15, -0.1) is 0 Å². The summed E-state index contributed by atoms with van der Waals surface area (Å²) in [5.41, 5.74) is 0. The van der Waals surface area contributed by atoms with E-state index in [0.717, 1.165) is 0 Å². The van der Waals surface area contributed by atoms with Crippen LogP contribution in [0.15, 0.2) is 0 Å². The molecule has 0 rings (SSSR count). The third-order valence-corrected chi connectivity index (χ3v) is 0.782.